The molecule has 170 valence electrons. The Balaban J connectivity index is 1.16. The summed E-state index contributed by atoms with van der Waals surface area (Å²) in [6.07, 6.45) is 25.4. The van der Waals surface area contributed by atoms with Gasteiger partial charge < -0.3 is 9.47 Å². The van der Waals surface area contributed by atoms with Gasteiger partial charge in [0.1, 0.15) is 0 Å². The number of anilines is 1. The van der Waals surface area contributed by atoms with E-state index in [9.17, 15) is 9.59 Å². The Kier molecular flexibility index (Phi) is 5.80. The molecule has 0 N–H and O–H groups in total. The van der Waals surface area contributed by atoms with Gasteiger partial charge in [0, 0.05) is 30.2 Å². The monoisotopic (exact) mass is 450 g/mol. The topological polar surface area (TPSA) is 67.6 Å². The average Bonchev–Trinajstić information content (AvgIpc) is 3.34. The minimum atomic E-state index is -0.722. The van der Waals surface area contributed by atoms with Crippen molar-refractivity contribution in [3.05, 3.63) is 103 Å². The summed E-state index contributed by atoms with van der Waals surface area (Å²) in [4.78, 5) is 35.4. The van der Waals surface area contributed by atoms with E-state index in [0.717, 1.165) is 23.2 Å². The zero-order valence-corrected chi connectivity index (χ0v) is 19.0. The number of benzene rings is 1. The number of rotatable bonds is 8. The summed E-state index contributed by atoms with van der Waals surface area (Å²) in [7, 11) is 0. The van der Waals surface area contributed by atoms with Crippen LogP contribution in [0.3, 0.4) is 0 Å². The van der Waals surface area contributed by atoms with Crippen molar-refractivity contribution in [2.75, 3.05) is 11.4 Å². The second-order valence-electron chi connectivity index (χ2n) is 8.83. The average molecular weight is 451 g/mol. The molecule has 3 aliphatic rings. The number of fused-ring (bicyclic) bond motifs is 1. The lowest BCUT2D eigenvalue weighted by Gasteiger charge is -2.17. The fraction of sp³-hybridized carbons (Fsp3) is 0.214. The molecule has 2 heterocycles. The molecule has 1 saturated carbocycles. The van der Waals surface area contributed by atoms with Crippen LogP contribution in [0, 0.1) is 11.8 Å². The number of hydrogen-bond donors (Lipinski definition) is 0. The lowest BCUT2D eigenvalue weighted by Crippen LogP contribution is -2.18. The molecule has 2 aromatic rings. The Bertz CT molecular complexity index is 1250. The van der Waals surface area contributed by atoms with Gasteiger partial charge in [-0.05, 0) is 54.8 Å². The van der Waals surface area contributed by atoms with Crippen LogP contribution in [0.5, 0.6) is 0 Å². The molecule has 1 fully saturated rings. The smallest absolute Gasteiger partial charge is 0.166 e. The van der Waals surface area contributed by atoms with Crippen molar-refractivity contribution >= 4 is 29.7 Å². The fourth-order valence-electron chi connectivity index (χ4n) is 4.31. The van der Waals surface area contributed by atoms with E-state index in [1.165, 1.54) is 12.2 Å². The van der Waals surface area contributed by atoms with Crippen molar-refractivity contribution in [1.82, 2.24) is 9.55 Å². The second kappa shape index (κ2) is 9.06. The quantitative estimate of drug-likeness (QED) is 0.439. The van der Waals surface area contributed by atoms with Crippen LogP contribution in [-0.4, -0.2) is 34.0 Å². The highest BCUT2D eigenvalue weighted by Gasteiger charge is 2.53. The predicted molar refractivity (Wildman–Crippen MR) is 134 cm³/mol. The molecule has 1 aliphatic heterocycles. The third-order valence-corrected chi connectivity index (χ3v) is 6.58. The maximum Gasteiger partial charge on any atom is 0.166 e. The van der Waals surface area contributed by atoms with Crippen LogP contribution in [0.4, 0.5) is 5.69 Å². The number of allylic oxidation sites excluding steroid dienone is 7. The van der Waals surface area contributed by atoms with E-state index in [0.29, 0.717) is 12.5 Å². The second-order valence-corrected chi connectivity index (χ2v) is 8.83. The highest BCUT2D eigenvalue weighted by atomic mass is 16.1. The van der Waals surface area contributed by atoms with Crippen LogP contribution < -0.4 is 4.90 Å². The molecule has 34 heavy (non-hydrogen) atoms. The molecule has 6 nitrogen and oxygen atoms in total. The Labute approximate surface area is 199 Å². The normalized spacial score (nSPS) is 23.9. The van der Waals surface area contributed by atoms with Crippen LogP contribution in [0.15, 0.2) is 102 Å². The van der Waals surface area contributed by atoms with Crippen molar-refractivity contribution in [2.45, 2.75) is 18.9 Å². The number of nitrogens with zero attached hydrogens (tertiary/aromatic N) is 4. The zero-order chi connectivity index (χ0) is 23.5. The van der Waals surface area contributed by atoms with Gasteiger partial charge in [-0.3, -0.25) is 14.6 Å². The molecular formula is C28H26N4O2. The molecule has 0 spiro atoms. The van der Waals surface area contributed by atoms with Gasteiger partial charge >= 0.3 is 0 Å². The van der Waals surface area contributed by atoms with Gasteiger partial charge in [0.2, 0.25) is 0 Å². The lowest BCUT2D eigenvalue weighted by atomic mass is 9.97. The van der Waals surface area contributed by atoms with E-state index >= 15 is 0 Å². The fourth-order valence-corrected chi connectivity index (χ4v) is 4.31. The summed E-state index contributed by atoms with van der Waals surface area (Å²) in [5.74, 6) is -0.717. The van der Waals surface area contributed by atoms with E-state index in [1.807, 2.05) is 60.0 Å². The molecule has 1 aromatic carbocycles. The van der Waals surface area contributed by atoms with Crippen molar-refractivity contribution in [1.29, 1.82) is 0 Å². The summed E-state index contributed by atoms with van der Waals surface area (Å²) >= 11 is 0. The van der Waals surface area contributed by atoms with Gasteiger partial charge in [0.15, 0.2) is 11.6 Å². The zero-order valence-electron chi connectivity index (χ0n) is 19.0. The van der Waals surface area contributed by atoms with Crippen LogP contribution in [0.25, 0.3) is 6.08 Å². The first-order valence-electron chi connectivity index (χ1n) is 11.4. The highest BCUT2D eigenvalue weighted by molar-refractivity contribution is 6.12. The van der Waals surface area contributed by atoms with Crippen molar-refractivity contribution in [3.8, 4) is 0 Å². The summed E-state index contributed by atoms with van der Waals surface area (Å²) in [6.45, 7) is 2.36. The van der Waals surface area contributed by atoms with Gasteiger partial charge in [-0.25, -0.2) is 4.98 Å². The van der Waals surface area contributed by atoms with E-state index in [4.69, 9.17) is 0 Å². The molecule has 0 bridgehead atoms. The van der Waals surface area contributed by atoms with Crippen molar-refractivity contribution < 1.29 is 9.59 Å². The number of aliphatic imine (C=N–C) groups is 1. The van der Waals surface area contributed by atoms with Gasteiger partial charge in [0.05, 0.1) is 30.7 Å². The lowest BCUT2D eigenvalue weighted by molar-refractivity contribution is -0.126. The first-order chi connectivity index (χ1) is 16.5. The van der Waals surface area contributed by atoms with E-state index in [2.05, 4.69) is 26.7 Å². The largest absolute Gasteiger partial charge is 0.327 e. The number of carbonyl (C=O) groups is 2. The highest BCUT2D eigenvalue weighted by Crippen LogP contribution is 2.55. The number of carbonyl (C=O) groups excluding carboxylic acids is 2. The Hall–Kier alpha value is -4.06. The van der Waals surface area contributed by atoms with Gasteiger partial charge in [-0.1, -0.05) is 42.5 Å². The Morgan fingerprint density at radius 2 is 1.94 bits per heavy atom. The van der Waals surface area contributed by atoms with Crippen LogP contribution in [-0.2, 0) is 15.1 Å². The number of imidazole rings is 1. The molecule has 0 saturated heterocycles. The summed E-state index contributed by atoms with van der Waals surface area (Å²) in [5.41, 5.74) is 2.89. The molecular weight excluding hydrogens is 424 g/mol. The Morgan fingerprint density at radius 3 is 2.62 bits per heavy atom. The molecule has 6 heteroatoms. The Morgan fingerprint density at radius 1 is 1.15 bits per heavy atom. The van der Waals surface area contributed by atoms with E-state index in [1.54, 1.807) is 31.6 Å². The van der Waals surface area contributed by atoms with Crippen LogP contribution in [0.1, 0.15) is 18.9 Å². The number of ketones is 2. The maximum absolute atomic E-state index is 12.6. The standard InChI is InChI=1S/C28H26N4O2/c1-21(26(33)9-5-22-3-7-25(8-4-22)31-15-2-13-29-19-31)27(34)10-6-23-11-12-28(18-24(28)17-23)32-16-14-30-20-32/h2-12,14-17,19-21,24H,13,18H2,1H3/b9-5+,10-6+. The minimum absolute atomic E-state index is 0.00215. The molecule has 1 aromatic heterocycles. The molecule has 3 atom stereocenters. The molecule has 0 radical (unpaired) electrons. The molecule has 0 amide bonds. The van der Waals surface area contributed by atoms with Gasteiger partial charge in [-0.15, -0.1) is 0 Å². The van der Waals surface area contributed by atoms with Gasteiger partial charge in [-0.2, -0.15) is 0 Å². The first kappa shape index (κ1) is 21.8. The SMILES string of the molecule is CC(C(=O)/C=C/C1=CC2CC2(n2ccnc2)C=C1)C(=O)/C=C/c1ccc(N2C=CCN=C2)cc1. The van der Waals surface area contributed by atoms with E-state index < -0.39 is 5.92 Å². The summed E-state index contributed by atoms with van der Waals surface area (Å²) in [6, 6.07) is 7.81. The van der Waals surface area contributed by atoms with Crippen LogP contribution >= 0.6 is 0 Å². The van der Waals surface area contributed by atoms with Crippen molar-refractivity contribution in [3.63, 3.8) is 0 Å². The molecule has 5 rings (SSSR count). The van der Waals surface area contributed by atoms with Crippen molar-refractivity contribution in [2.24, 2.45) is 16.8 Å². The summed E-state index contributed by atoms with van der Waals surface area (Å²) in [5, 5.41) is 0. The predicted octanol–water partition coefficient (Wildman–Crippen LogP) is 4.50. The number of aromatic nitrogens is 2. The summed E-state index contributed by atoms with van der Waals surface area (Å²) < 4.78 is 2.13. The van der Waals surface area contributed by atoms with Gasteiger partial charge in [0.25, 0.3) is 0 Å². The van der Waals surface area contributed by atoms with Crippen LogP contribution in [0.2, 0.25) is 0 Å². The first-order valence-corrected chi connectivity index (χ1v) is 11.4. The third-order valence-electron chi connectivity index (χ3n) is 6.58. The maximum atomic E-state index is 12.6. The van der Waals surface area contributed by atoms with E-state index in [-0.39, 0.29) is 17.1 Å². The minimum Gasteiger partial charge on any atom is -0.327 e. The molecule has 2 aliphatic carbocycles. The number of hydrogen-bond acceptors (Lipinski definition) is 5. The third kappa shape index (κ3) is 4.39. The molecule has 3 unspecified atom stereocenters.